The predicted octanol–water partition coefficient (Wildman–Crippen LogP) is 5.14. The zero-order valence-electron chi connectivity index (χ0n) is 14.0. The molecule has 0 aliphatic carbocycles. The number of rotatable bonds is 11. The summed E-state index contributed by atoms with van der Waals surface area (Å²) in [6, 6.07) is 0. The van der Waals surface area contributed by atoms with Gasteiger partial charge < -0.3 is 0 Å². The number of hydrogen-bond acceptors (Lipinski definition) is 2. The molecule has 0 saturated carbocycles. The Bertz CT molecular complexity index is 331. The molecule has 1 nitrogen and oxygen atoms in total. The fraction of sp³-hybridized carbons (Fsp3) is 0.833. The van der Waals surface area contributed by atoms with E-state index in [1.54, 1.807) is 11.3 Å². The summed E-state index contributed by atoms with van der Waals surface area (Å²) >= 11 is 1.75. The predicted molar refractivity (Wildman–Crippen MR) is 103 cm³/mol. The Balaban J connectivity index is 0.00000400. The average Bonchev–Trinajstić information content (AvgIpc) is 2.99. The van der Waals surface area contributed by atoms with Crippen LogP contribution in [0.5, 0.6) is 0 Å². The van der Waals surface area contributed by atoms with E-state index < -0.39 is 0 Å². The minimum atomic E-state index is 0. The van der Waals surface area contributed by atoms with E-state index in [0.29, 0.717) is 5.41 Å². The van der Waals surface area contributed by atoms with Gasteiger partial charge in [0, 0.05) is 10.8 Å². The summed E-state index contributed by atoms with van der Waals surface area (Å²) in [5.41, 5.74) is 3.66. The normalized spacial score (nSPS) is 14.0. The first-order valence-corrected chi connectivity index (χ1v) is 9.51. The maximum absolute atomic E-state index is 4.70. The van der Waals surface area contributed by atoms with E-state index in [1.165, 1.54) is 63.5 Å². The van der Waals surface area contributed by atoms with E-state index in [4.69, 9.17) is 4.98 Å². The number of aromatic nitrogens is 1. The molecular formula is C18H37NSSn. The molecule has 0 aliphatic rings. The van der Waals surface area contributed by atoms with Crippen molar-refractivity contribution in [1.29, 1.82) is 0 Å². The fourth-order valence-corrected chi connectivity index (χ4v) is 3.96. The van der Waals surface area contributed by atoms with Gasteiger partial charge in [0.1, 0.15) is 0 Å². The zero-order chi connectivity index (χ0) is 14.8. The quantitative estimate of drug-likeness (QED) is 0.454. The molecule has 21 heavy (non-hydrogen) atoms. The van der Waals surface area contributed by atoms with Crippen molar-refractivity contribution < 1.29 is 0 Å². The van der Waals surface area contributed by atoms with Crippen LogP contribution in [0.3, 0.4) is 0 Å². The van der Waals surface area contributed by atoms with Crippen LogP contribution in [0.1, 0.15) is 91.2 Å². The van der Waals surface area contributed by atoms with Crippen molar-refractivity contribution in [3.8, 4) is 0 Å². The van der Waals surface area contributed by atoms with E-state index in [2.05, 4.69) is 33.1 Å². The molecule has 1 unspecified atom stereocenters. The SMILES string of the molecule is CCCCC(CCCC)C(C)(CCCC)c1cscn1.[SnH4]. The van der Waals surface area contributed by atoms with Crippen LogP contribution < -0.4 is 0 Å². The van der Waals surface area contributed by atoms with Crippen LogP contribution in [0.4, 0.5) is 0 Å². The molecule has 0 spiro atoms. The first-order valence-electron chi connectivity index (χ1n) is 8.57. The third-order valence-corrected chi connectivity index (χ3v) is 5.37. The topological polar surface area (TPSA) is 12.9 Å². The van der Waals surface area contributed by atoms with Gasteiger partial charge in [-0.25, -0.2) is 4.98 Å². The number of unbranched alkanes of at least 4 members (excludes halogenated alkanes) is 3. The summed E-state index contributed by atoms with van der Waals surface area (Å²) in [5.74, 6) is 0.802. The van der Waals surface area contributed by atoms with Crippen molar-refractivity contribution in [2.75, 3.05) is 0 Å². The molecule has 0 amide bonds. The second-order valence-corrected chi connectivity index (χ2v) is 7.09. The number of thiazole rings is 1. The van der Waals surface area contributed by atoms with Gasteiger partial charge in [-0.3, -0.25) is 0 Å². The van der Waals surface area contributed by atoms with Crippen LogP contribution in [0.2, 0.25) is 0 Å². The van der Waals surface area contributed by atoms with Gasteiger partial charge in [0.2, 0.25) is 0 Å². The molecule has 3 heteroatoms. The standard InChI is InChI=1S/C18H33NS.Sn.4H/c1-5-8-11-16(12-9-6-2)18(4,13-10-7-3)17-14-20-15-19-17;;;;;/h14-16H,5-13H2,1-4H3;;;;;. The Kier molecular flexibility index (Phi) is 12.2. The van der Waals surface area contributed by atoms with Crippen LogP contribution in [0.25, 0.3) is 0 Å². The molecule has 1 atom stereocenters. The minimum absolute atomic E-state index is 0. The molecule has 1 rings (SSSR count). The van der Waals surface area contributed by atoms with E-state index in [0.717, 1.165) is 5.92 Å². The van der Waals surface area contributed by atoms with Gasteiger partial charge in [0.15, 0.2) is 0 Å². The molecule has 0 saturated heterocycles. The summed E-state index contributed by atoms with van der Waals surface area (Å²) in [5, 5.41) is 2.29. The van der Waals surface area contributed by atoms with Gasteiger partial charge >= 0.3 is 23.9 Å². The number of nitrogens with zero attached hydrogens (tertiary/aromatic N) is 1. The molecule has 0 aliphatic heterocycles. The van der Waals surface area contributed by atoms with Gasteiger partial charge in [-0.1, -0.05) is 66.2 Å². The van der Waals surface area contributed by atoms with Crippen molar-refractivity contribution in [2.24, 2.45) is 5.92 Å². The summed E-state index contributed by atoms with van der Waals surface area (Å²) in [6.45, 7) is 9.40. The molecule has 0 fully saturated rings. The van der Waals surface area contributed by atoms with Gasteiger partial charge in [0.05, 0.1) is 11.2 Å². The summed E-state index contributed by atoms with van der Waals surface area (Å²) in [7, 11) is 0. The first-order chi connectivity index (χ1) is 9.69. The second kappa shape index (κ2) is 11.9. The molecule has 124 valence electrons. The Hall–Kier alpha value is 0.429. The Morgan fingerprint density at radius 3 is 2.05 bits per heavy atom. The van der Waals surface area contributed by atoms with E-state index in [1.807, 2.05) is 5.51 Å². The van der Waals surface area contributed by atoms with Crippen molar-refractivity contribution in [3.05, 3.63) is 16.6 Å². The van der Waals surface area contributed by atoms with Crippen molar-refractivity contribution >= 4 is 35.2 Å². The maximum atomic E-state index is 4.70. The van der Waals surface area contributed by atoms with Crippen LogP contribution in [-0.2, 0) is 5.41 Å². The Morgan fingerprint density at radius 1 is 1.05 bits per heavy atom. The van der Waals surface area contributed by atoms with Gasteiger partial charge in [-0.05, 0) is 25.2 Å². The summed E-state index contributed by atoms with van der Waals surface area (Å²) < 4.78 is 0. The molecule has 1 aromatic rings. The van der Waals surface area contributed by atoms with Crippen molar-refractivity contribution in [2.45, 2.75) is 90.9 Å². The summed E-state index contributed by atoms with van der Waals surface area (Å²) in [4.78, 5) is 4.70. The fourth-order valence-electron chi connectivity index (χ4n) is 3.26. The van der Waals surface area contributed by atoms with Crippen LogP contribution in [0.15, 0.2) is 10.9 Å². The third kappa shape index (κ3) is 6.60. The average molecular weight is 418 g/mol. The Labute approximate surface area is 153 Å². The van der Waals surface area contributed by atoms with Crippen LogP contribution in [0, 0.1) is 5.92 Å². The zero-order valence-corrected chi connectivity index (χ0v) is 14.8. The molecule has 0 bridgehead atoms. The molecule has 1 heterocycles. The molecule has 0 aromatic carbocycles. The molecule has 1 aromatic heterocycles. The van der Waals surface area contributed by atoms with Crippen LogP contribution in [-0.4, -0.2) is 28.9 Å². The van der Waals surface area contributed by atoms with Crippen LogP contribution >= 0.6 is 11.3 Å². The van der Waals surface area contributed by atoms with E-state index in [-0.39, 0.29) is 23.9 Å². The molecule has 0 N–H and O–H groups in total. The van der Waals surface area contributed by atoms with Crippen molar-refractivity contribution in [1.82, 2.24) is 4.98 Å². The summed E-state index contributed by atoms with van der Waals surface area (Å²) in [6.07, 6.45) is 12.0. The second-order valence-electron chi connectivity index (χ2n) is 6.38. The molecule has 0 radical (unpaired) electrons. The monoisotopic (exact) mass is 419 g/mol. The third-order valence-electron chi connectivity index (χ3n) is 4.78. The van der Waals surface area contributed by atoms with Gasteiger partial charge in [-0.15, -0.1) is 11.3 Å². The van der Waals surface area contributed by atoms with E-state index >= 15 is 0 Å². The van der Waals surface area contributed by atoms with E-state index in [9.17, 15) is 0 Å². The van der Waals surface area contributed by atoms with Gasteiger partial charge in [-0.2, -0.15) is 0 Å². The Morgan fingerprint density at radius 2 is 1.62 bits per heavy atom. The number of hydrogen-bond donors (Lipinski definition) is 0. The van der Waals surface area contributed by atoms with Crippen molar-refractivity contribution in [3.63, 3.8) is 0 Å². The first kappa shape index (κ1) is 21.4. The van der Waals surface area contributed by atoms with Gasteiger partial charge in [0.25, 0.3) is 0 Å². The molecular weight excluding hydrogens is 381 g/mol.